The zero-order valence-corrected chi connectivity index (χ0v) is 23.6. The normalized spacial score (nSPS) is 19.8. The van der Waals surface area contributed by atoms with Crippen LogP contribution in [0, 0.1) is 5.41 Å². The van der Waals surface area contributed by atoms with Gasteiger partial charge in [-0.2, -0.15) is 0 Å². The number of nitrogens with one attached hydrogen (secondary N) is 1. The highest BCUT2D eigenvalue weighted by Crippen LogP contribution is 2.42. The number of nitrogens with zero attached hydrogens (tertiary/aromatic N) is 1. The number of rotatable bonds is 10. The molecule has 8 nitrogen and oxygen atoms in total. The molecule has 0 aromatic heterocycles. The second-order valence-corrected chi connectivity index (χ2v) is 10.9. The smallest absolute Gasteiger partial charge is 0.407 e. The summed E-state index contributed by atoms with van der Waals surface area (Å²) in [7, 11) is 2.87. The number of carbonyl (C=O) groups is 3. The minimum absolute atomic E-state index is 0.0969. The number of hydrogen-bond acceptors (Lipinski definition) is 6. The fraction of sp³-hybridized carbons (Fsp3) is 0.452. The summed E-state index contributed by atoms with van der Waals surface area (Å²) in [5, 5.41) is 4.77. The monoisotopic (exact) mass is 536 g/mol. The van der Waals surface area contributed by atoms with E-state index in [2.05, 4.69) is 18.5 Å². The molecule has 2 unspecified atom stereocenters. The molecular formula is C31H40N2O6. The van der Waals surface area contributed by atoms with E-state index < -0.39 is 41.1 Å². The first-order chi connectivity index (χ1) is 18.5. The maximum absolute atomic E-state index is 14.1. The van der Waals surface area contributed by atoms with Gasteiger partial charge >= 0.3 is 12.1 Å². The van der Waals surface area contributed by atoms with Gasteiger partial charge in [0.25, 0.3) is 0 Å². The summed E-state index contributed by atoms with van der Waals surface area (Å²) in [5.41, 5.74) is 0.0936. The lowest BCUT2D eigenvalue weighted by Gasteiger charge is -2.35. The molecule has 1 heterocycles. The van der Waals surface area contributed by atoms with Crippen molar-refractivity contribution in [3.63, 3.8) is 0 Å². The Morgan fingerprint density at radius 2 is 1.90 bits per heavy atom. The average Bonchev–Trinajstić information content (AvgIpc) is 3.33. The topological polar surface area (TPSA) is 94.2 Å². The summed E-state index contributed by atoms with van der Waals surface area (Å²) in [6.45, 7) is 13.5. The number of hydrogen-bond donors (Lipinski definition) is 1. The number of fused-ring (bicyclic) bond motifs is 1. The van der Waals surface area contributed by atoms with Crippen molar-refractivity contribution in [1.82, 2.24) is 10.2 Å². The second-order valence-electron chi connectivity index (χ2n) is 10.9. The number of carbonyl (C=O) groups excluding carboxylic acids is 3. The predicted octanol–water partition coefficient (Wildman–Crippen LogP) is 5.21. The predicted molar refractivity (Wildman–Crippen MR) is 152 cm³/mol. The first kappa shape index (κ1) is 29.9. The zero-order valence-electron chi connectivity index (χ0n) is 23.6. The molecule has 0 bridgehead atoms. The first-order valence-electron chi connectivity index (χ1n) is 13.1. The Kier molecular flexibility index (Phi) is 9.56. The van der Waals surface area contributed by atoms with Crippen LogP contribution in [0.3, 0.4) is 0 Å². The van der Waals surface area contributed by atoms with Gasteiger partial charge in [-0.25, -0.2) is 9.59 Å². The minimum atomic E-state index is -0.982. The molecule has 0 spiro atoms. The van der Waals surface area contributed by atoms with Crippen molar-refractivity contribution in [2.45, 2.75) is 57.7 Å². The molecule has 1 aliphatic rings. The Labute approximate surface area is 231 Å². The van der Waals surface area contributed by atoms with Crippen LogP contribution in [-0.2, 0) is 29.4 Å². The lowest BCUT2D eigenvalue weighted by molar-refractivity contribution is -0.152. The SMILES string of the molecule is C=CCCCOC(=O)N[C@H](C(=O)N1CC(OC)(c2cc(C=C)c3ccccc3c2)CC1C(=O)OC)C(C)(C)C. The quantitative estimate of drug-likeness (QED) is 0.255. The number of methoxy groups -OCH3 is 2. The summed E-state index contributed by atoms with van der Waals surface area (Å²) in [4.78, 5) is 41.1. The Hall–Kier alpha value is -3.65. The van der Waals surface area contributed by atoms with Gasteiger partial charge in [-0.15, -0.1) is 6.58 Å². The van der Waals surface area contributed by atoms with E-state index in [1.807, 2.05) is 57.2 Å². The maximum atomic E-state index is 14.1. The summed E-state index contributed by atoms with van der Waals surface area (Å²) in [6.07, 6.45) is 4.38. The molecular weight excluding hydrogens is 496 g/mol. The number of alkyl carbamates (subject to hydrolysis) is 1. The Morgan fingerprint density at radius 1 is 1.18 bits per heavy atom. The molecule has 1 saturated heterocycles. The molecule has 1 aliphatic heterocycles. The Bertz CT molecular complexity index is 1230. The molecule has 2 aromatic carbocycles. The van der Waals surface area contributed by atoms with E-state index in [9.17, 15) is 14.4 Å². The number of likely N-dealkylation sites (tertiary alicyclic amines) is 1. The van der Waals surface area contributed by atoms with Crippen molar-refractivity contribution in [2.24, 2.45) is 5.41 Å². The van der Waals surface area contributed by atoms with Crippen LogP contribution in [0.15, 0.2) is 55.6 Å². The highest BCUT2D eigenvalue weighted by Gasteiger charge is 2.53. The molecule has 2 aromatic rings. The summed E-state index contributed by atoms with van der Waals surface area (Å²) in [5.74, 6) is -0.962. The third-order valence-corrected chi connectivity index (χ3v) is 7.27. The van der Waals surface area contributed by atoms with Gasteiger partial charge in [-0.05, 0) is 52.3 Å². The highest BCUT2D eigenvalue weighted by molar-refractivity contribution is 5.93. The van der Waals surface area contributed by atoms with Gasteiger partial charge in [0, 0.05) is 13.5 Å². The van der Waals surface area contributed by atoms with Crippen molar-refractivity contribution in [3.05, 3.63) is 66.8 Å². The molecule has 3 rings (SSSR count). The van der Waals surface area contributed by atoms with Crippen LogP contribution >= 0.6 is 0 Å². The zero-order chi connectivity index (χ0) is 28.8. The largest absolute Gasteiger partial charge is 0.467 e. The van der Waals surface area contributed by atoms with Crippen molar-refractivity contribution < 1.29 is 28.6 Å². The van der Waals surface area contributed by atoms with E-state index >= 15 is 0 Å². The second kappa shape index (κ2) is 12.5. The number of amides is 2. The number of benzene rings is 2. The number of esters is 1. The fourth-order valence-corrected chi connectivity index (χ4v) is 5.06. The van der Waals surface area contributed by atoms with Gasteiger partial charge in [0.1, 0.15) is 17.7 Å². The van der Waals surface area contributed by atoms with Crippen LogP contribution in [0.2, 0.25) is 0 Å². The molecule has 1 N–H and O–H groups in total. The Balaban J connectivity index is 1.99. The molecule has 0 aliphatic carbocycles. The van der Waals surface area contributed by atoms with E-state index in [0.29, 0.717) is 12.8 Å². The summed E-state index contributed by atoms with van der Waals surface area (Å²) >= 11 is 0. The maximum Gasteiger partial charge on any atom is 0.407 e. The van der Waals surface area contributed by atoms with Crippen LogP contribution in [0.4, 0.5) is 4.79 Å². The lowest BCUT2D eigenvalue weighted by atomic mass is 9.85. The van der Waals surface area contributed by atoms with E-state index in [0.717, 1.165) is 21.9 Å². The van der Waals surface area contributed by atoms with E-state index in [4.69, 9.17) is 14.2 Å². The van der Waals surface area contributed by atoms with Crippen LogP contribution < -0.4 is 5.32 Å². The van der Waals surface area contributed by atoms with Gasteiger partial charge in [0.2, 0.25) is 5.91 Å². The van der Waals surface area contributed by atoms with Gasteiger partial charge in [-0.3, -0.25) is 4.79 Å². The molecule has 8 heteroatoms. The number of unbranched alkanes of at least 4 members (excludes halogenated alkanes) is 1. The van der Waals surface area contributed by atoms with Crippen molar-refractivity contribution in [1.29, 1.82) is 0 Å². The average molecular weight is 537 g/mol. The molecule has 2 amide bonds. The third kappa shape index (κ3) is 6.50. The van der Waals surface area contributed by atoms with Crippen LogP contribution in [0.1, 0.15) is 51.2 Å². The molecule has 3 atom stereocenters. The van der Waals surface area contributed by atoms with E-state index in [1.54, 1.807) is 19.3 Å². The first-order valence-corrected chi connectivity index (χ1v) is 13.1. The van der Waals surface area contributed by atoms with Gasteiger partial charge in [0.05, 0.1) is 20.3 Å². The Morgan fingerprint density at radius 3 is 2.51 bits per heavy atom. The molecule has 210 valence electrons. The lowest BCUT2D eigenvalue weighted by Crippen LogP contribution is -2.57. The van der Waals surface area contributed by atoms with E-state index in [-0.39, 0.29) is 19.6 Å². The molecule has 0 radical (unpaired) electrons. The molecule has 1 fully saturated rings. The summed E-state index contributed by atoms with van der Waals surface area (Å²) < 4.78 is 16.5. The minimum Gasteiger partial charge on any atom is -0.467 e. The van der Waals surface area contributed by atoms with Gasteiger partial charge in [-0.1, -0.05) is 63.8 Å². The third-order valence-electron chi connectivity index (χ3n) is 7.27. The molecule has 0 saturated carbocycles. The van der Waals surface area contributed by atoms with Gasteiger partial charge in [0.15, 0.2) is 0 Å². The standard InChI is InChI=1S/C31H40N2O6/c1-8-10-13-16-39-29(36)32-26(30(3,4)5)27(34)33-20-31(38-7,19-25(33)28(35)37-6)23-17-21(9-2)24-15-12-11-14-22(24)18-23/h8-9,11-12,14-15,17-18,25-26H,1-2,10,13,16,19-20H2,3-7H3,(H,32,36)/t25?,26-,31?/m1/s1. The van der Waals surface area contributed by atoms with Crippen molar-refractivity contribution >= 4 is 34.8 Å². The highest BCUT2D eigenvalue weighted by atomic mass is 16.5. The molecule has 39 heavy (non-hydrogen) atoms. The number of allylic oxidation sites excluding steroid dienone is 1. The summed E-state index contributed by atoms with van der Waals surface area (Å²) in [6, 6.07) is 10.1. The van der Waals surface area contributed by atoms with E-state index in [1.165, 1.54) is 12.0 Å². The fourth-order valence-electron chi connectivity index (χ4n) is 5.06. The van der Waals surface area contributed by atoms with Gasteiger partial charge < -0.3 is 24.4 Å². The van der Waals surface area contributed by atoms with Crippen molar-refractivity contribution in [3.8, 4) is 0 Å². The van der Waals surface area contributed by atoms with Crippen molar-refractivity contribution in [2.75, 3.05) is 27.4 Å². The van der Waals surface area contributed by atoms with Crippen LogP contribution in [-0.4, -0.2) is 62.3 Å². The van der Waals surface area contributed by atoms with Crippen LogP contribution in [0.5, 0.6) is 0 Å². The number of ether oxygens (including phenoxy) is 3. The van der Waals surface area contributed by atoms with Crippen LogP contribution in [0.25, 0.3) is 16.8 Å².